The highest BCUT2D eigenvalue weighted by Crippen LogP contribution is 2.39. The van der Waals surface area contributed by atoms with Crippen LogP contribution >= 0.6 is 0 Å². The molecule has 0 unspecified atom stereocenters. The summed E-state index contributed by atoms with van der Waals surface area (Å²) in [6, 6.07) is 6.78. The van der Waals surface area contributed by atoms with Crippen molar-refractivity contribution in [1.82, 2.24) is 14.9 Å². The smallest absolute Gasteiger partial charge is 0.354 e. The van der Waals surface area contributed by atoms with E-state index in [4.69, 9.17) is 20.2 Å². The van der Waals surface area contributed by atoms with Crippen molar-refractivity contribution in [3.8, 4) is 11.4 Å². The van der Waals surface area contributed by atoms with Gasteiger partial charge < -0.3 is 30.2 Å². The van der Waals surface area contributed by atoms with Crippen molar-refractivity contribution in [3.63, 3.8) is 0 Å². The van der Waals surface area contributed by atoms with Gasteiger partial charge in [-0.15, -0.1) is 0 Å². The van der Waals surface area contributed by atoms with Gasteiger partial charge in [0, 0.05) is 34.7 Å². The fourth-order valence-electron chi connectivity index (χ4n) is 4.84. The number of pyridine rings is 2. The van der Waals surface area contributed by atoms with E-state index < -0.39 is 23.4 Å². The Morgan fingerprint density at radius 1 is 1.32 bits per heavy atom. The molecule has 2 aliphatic rings. The molecule has 5 rings (SSSR count). The van der Waals surface area contributed by atoms with Crippen LogP contribution in [0.15, 0.2) is 34.8 Å². The molecule has 37 heavy (non-hydrogen) atoms. The van der Waals surface area contributed by atoms with Crippen LogP contribution in [0.3, 0.4) is 0 Å². The summed E-state index contributed by atoms with van der Waals surface area (Å²) >= 11 is 0. The highest BCUT2D eigenvalue weighted by Gasteiger charge is 2.45. The van der Waals surface area contributed by atoms with E-state index >= 15 is 0 Å². The van der Waals surface area contributed by atoms with Gasteiger partial charge >= 0.3 is 11.9 Å². The maximum atomic E-state index is 13.4. The molecular formula is C26H24N4O7. The second kappa shape index (κ2) is 8.56. The number of nitrogen functional groups attached to an aromatic ring is 1. The summed E-state index contributed by atoms with van der Waals surface area (Å²) in [5.41, 5.74) is 7.35. The lowest BCUT2D eigenvalue weighted by Gasteiger charge is -2.31. The zero-order valence-corrected chi connectivity index (χ0v) is 20.4. The SMILES string of the molecule is CC[C@@]1(O)C(=O)OCc2c1cc1n(c2=O)Cc2cc3c(/C=C(\NC(C)=O)C(=O)OC)c(N)ccc3nc2-1. The van der Waals surface area contributed by atoms with Gasteiger partial charge in [-0.1, -0.05) is 6.92 Å². The van der Waals surface area contributed by atoms with Crippen molar-refractivity contribution < 1.29 is 29.0 Å². The molecular weight excluding hydrogens is 480 g/mol. The first-order chi connectivity index (χ1) is 17.6. The van der Waals surface area contributed by atoms with Crippen LogP contribution in [0.25, 0.3) is 28.4 Å². The molecule has 0 aliphatic carbocycles. The van der Waals surface area contributed by atoms with Crippen molar-refractivity contribution in [2.24, 2.45) is 0 Å². The summed E-state index contributed by atoms with van der Waals surface area (Å²) in [5, 5.41) is 14.1. The lowest BCUT2D eigenvalue weighted by atomic mass is 9.86. The van der Waals surface area contributed by atoms with Crippen LogP contribution in [0.5, 0.6) is 0 Å². The van der Waals surface area contributed by atoms with Gasteiger partial charge in [0.05, 0.1) is 36.1 Å². The van der Waals surface area contributed by atoms with E-state index in [1.165, 1.54) is 24.7 Å². The number of carbonyl (C=O) groups is 3. The van der Waals surface area contributed by atoms with Crippen molar-refractivity contribution >= 4 is 40.5 Å². The molecule has 1 amide bonds. The lowest BCUT2D eigenvalue weighted by molar-refractivity contribution is -0.172. The van der Waals surface area contributed by atoms with Gasteiger partial charge in [0.15, 0.2) is 5.60 Å². The second-order valence-corrected chi connectivity index (χ2v) is 8.97. The van der Waals surface area contributed by atoms with Crippen LogP contribution in [0.4, 0.5) is 5.69 Å². The van der Waals surface area contributed by atoms with E-state index in [-0.39, 0.29) is 42.0 Å². The predicted molar refractivity (Wildman–Crippen MR) is 133 cm³/mol. The normalized spacial score (nSPS) is 18.1. The fraction of sp³-hybridized carbons (Fsp3) is 0.269. The number of ether oxygens (including phenoxy) is 2. The number of methoxy groups -OCH3 is 1. The van der Waals surface area contributed by atoms with E-state index in [0.29, 0.717) is 39.1 Å². The van der Waals surface area contributed by atoms with Crippen molar-refractivity contribution in [3.05, 3.63) is 62.6 Å². The lowest BCUT2D eigenvalue weighted by Crippen LogP contribution is -2.44. The average molecular weight is 504 g/mol. The molecule has 1 aromatic carbocycles. The number of nitrogens with two attached hydrogens (primary N) is 1. The third-order valence-corrected chi connectivity index (χ3v) is 6.77. The molecule has 2 aromatic heterocycles. The summed E-state index contributed by atoms with van der Waals surface area (Å²) in [4.78, 5) is 54.4. The first-order valence-electron chi connectivity index (χ1n) is 11.6. The molecule has 0 fully saturated rings. The minimum absolute atomic E-state index is 0.0472. The number of hydrogen-bond donors (Lipinski definition) is 3. The summed E-state index contributed by atoms with van der Waals surface area (Å²) in [7, 11) is 1.20. The average Bonchev–Trinajstić information content (AvgIpc) is 3.23. The number of anilines is 1. The van der Waals surface area contributed by atoms with Crippen LogP contribution in [0.2, 0.25) is 0 Å². The molecule has 0 bridgehead atoms. The molecule has 11 nitrogen and oxygen atoms in total. The molecule has 2 aliphatic heterocycles. The van der Waals surface area contributed by atoms with E-state index in [0.717, 1.165) is 0 Å². The number of amides is 1. The summed E-state index contributed by atoms with van der Waals surface area (Å²) in [6.45, 7) is 2.90. The van der Waals surface area contributed by atoms with Crippen LogP contribution in [-0.4, -0.2) is 39.6 Å². The Hall–Kier alpha value is -4.51. The number of rotatable bonds is 4. The Morgan fingerprint density at radius 3 is 2.76 bits per heavy atom. The van der Waals surface area contributed by atoms with E-state index in [2.05, 4.69) is 5.32 Å². The van der Waals surface area contributed by atoms with Gasteiger partial charge in [0.25, 0.3) is 5.56 Å². The first-order valence-corrected chi connectivity index (χ1v) is 11.6. The van der Waals surface area contributed by atoms with Gasteiger partial charge in [-0.3, -0.25) is 9.59 Å². The number of nitrogens with zero attached hydrogens (tertiary/aromatic N) is 2. The summed E-state index contributed by atoms with van der Waals surface area (Å²) < 4.78 is 11.4. The van der Waals surface area contributed by atoms with E-state index in [1.807, 2.05) is 6.07 Å². The quantitative estimate of drug-likeness (QED) is 0.211. The largest absolute Gasteiger partial charge is 0.464 e. The highest BCUT2D eigenvalue weighted by molar-refractivity contribution is 6.03. The van der Waals surface area contributed by atoms with Crippen LogP contribution in [-0.2, 0) is 42.6 Å². The Bertz CT molecular complexity index is 1620. The van der Waals surface area contributed by atoms with Gasteiger partial charge in [0.1, 0.15) is 12.3 Å². The molecule has 11 heteroatoms. The Balaban J connectivity index is 1.71. The number of nitrogens with one attached hydrogen (secondary N) is 1. The standard InChI is InChI=1S/C26H24N4O7/c1-4-26(35)17-9-21-22-13(10-30(21)23(32)16(17)11-37-25(26)34)7-15-14(18(27)5-6-19(15)29-22)8-20(24(33)36-3)28-12(2)31/h5-9,35H,4,10-11,27H2,1-3H3,(H,28,31)/b20-8-/t26-/m0/s1. The van der Waals surface area contributed by atoms with Gasteiger partial charge in [-0.2, -0.15) is 0 Å². The third-order valence-electron chi connectivity index (χ3n) is 6.77. The van der Waals surface area contributed by atoms with Gasteiger partial charge in [0.2, 0.25) is 5.91 Å². The Morgan fingerprint density at radius 2 is 2.08 bits per heavy atom. The zero-order chi connectivity index (χ0) is 26.6. The van der Waals surface area contributed by atoms with E-state index in [1.54, 1.807) is 25.1 Å². The number of aliphatic hydroxyl groups is 1. The monoisotopic (exact) mass is 504 g/mol. The molecule has 4 N–H and O–H groups in total. The van der Waals surface area contributed by atoms with Crippen molar-refractivity contribution in [2.45, 2.75) is 39.0 Å². The van der Waals surface area contributed by atoms with Crippen LogP contribution < -0.4 is 16.6 Å². The predicted octanol–water partition coefficient (Wildman–Crippen LogP) is 1.31. The highest BCUT2D eigenvalue weighted by atomic mass is 16.6. The molecule has 0 spiro atoms. The van der Waals surface area contributed by atoms with Gasteiger partial charge in [-0.25, -0.2) is 14.6 Å². The number of fused-ring (bicyclic) bond motifs is 5. The third kappa shape index (κ3) is 3.66. The summed E-state index contributed by atoms with van der Waals surface area (Å²) in [6.07, 6.45) is 1.47. The van der Waals surface area contributed by atoms with E-state index in [9.17, 15) is 24.3 Å². The molecule has 3 aromatic rings. The number of benzene rings is 1. The zero-order valence-electron chi connectivity index (χ0n) is 20.4. The minimum Gasteiger partial charge on any atom is -0.464 e. The molecule has 190 valence electrons. The maximum Gasteiger partial charge on any atom is 0.354 e. The second-order valence-electron chi connectivity index (χ2n) is 8.97. The Labute approximate surface area is 210 Å². The van der Waals surface area contributed by atoms with Crippen molar-refractivity contribution in [1.29, 1.82) is 0 Å². The summed E-state index contributed by atoms with van der Waals surface area (Å²) in [5.74, 6) is -1.99. The number of carbonyl (C=O) groups excluding carboxylic acids is 3. The number of cyclic esters (lactones) is 1. The maximum absolute atomic E-state index is 13.4. The number of aromatic nitrogens is 2. The number of esters is 2. The molecule has 0 saturated carbocycles. The first kappa shape index (κ1) is 24.2. The number of hydrogen-bond acceptors (Lipinski definition) is 9. The van der Waals surface area contributed by atoms with Crippen molar-refractivity contribution in [2.75, 3.05) is 12.8 Å². The fourth-order valence-corrected chi connectivity index (χ4v) is 4.84. The van der Waals surface area contributed by atoms with Gasteiger partial charge in [-0.05, 0) is 36.8 Å². The Kier molecular flexibility index (Phi) is 5.60. The van der Waals surface area contributed by atoms with Crippen LogP contribution in [0.1, 0.15) is 42.5 Å². The van der Waals surface area contributed by atoms with Crippen LogP contribution in [0, 0.1) is 0 Å². The molecule has 0 saturated heterocycles. The topological polar surface area (TPSA) is 163 Å². The molecule has 1 atom stereocenters. The molecule has 4 heterocycles. The molecule has 0 radical (unpaired) electrons. The minimum atomic E-state index is -1.91.